The maximum Gasteiger partial charge on any atom is 0.211 e. The minimum absolute atomic E-state index is 0.593. The van der Waals surface area contributed by atoms with Gasteiger partial charge in [-0.3, -0.25) is 4.90 Å². The van der Waals surface area contributed by atoms with Crippen LogP contribution in [0.25, 0.3) is 0 Å². The largest absolute Gasteiger partial charge is 0.296 e. The van der Waals surface area contributed by atoms with Crippen molar-refractivity contribution < 1.29 is 8.42 Å². The van der Waals surface area contributed by atoms with Crippen LogP contribution in [0.3, 0.4) is 0 Å². The third-order valence-electron chi connectivity index (χ3n) is 3.12. The highest BCUT2D eigenvalue weighted by atomic mass is 79.9. The molecular weight excluding hydrogens is 316 g/mol. The number of halogens is 1. The van der Waals surface area contributed by atoms with Crippen LogP contribution < -0.4 is 0 Å². The maximum atomic E-state index is 11.4. The quantitative estimate of drug-likeness (QED) is 0.842. The molecule has 0 spiro atoms. The first-order valence-electron chi connectivity index (χ1n) is 5.87. The summed E-state index contributed by atoms with van der Waals surface area (Å²) in [5.41, 5.74) is 1.26. The lowest BCUT2D eigenvalue weighted by Gasteiger charge is -2.33. The molecule has 1 aromatic carbocycles. The van der Waals surface area contributed by atoms with Gasteiger partial charge in [-0.25, -0.2) is 8.42 Å². The van der Waals surface area contributed by atoms with Crippen molar-refractivity contribution in [2.75, 3.05) is 32.4 Å². The fourth-order valence-electron chi connectivity index (χ4n) is 2.07. The highest BCUT2D eigenvalue weighted by Crippen LogP contribution is 2.14. The van der Waals surface area contributed by atoms with Crippen LogP contribution in [0.15, 0.2) is 28.7 Å². The lowest BCUT2D eigenvalue weighted by atomic mass is 10.2. The average Bonchev–Trinajstić information content (AvgIpc) is 2.32. The predicted octanol–water partition coefficient (Wildman–Crippen LogP) is 1.53. The molecule has 0 unspecified atom stereocenters. The molecular formula is C12H17BrN2O2S. The molecule has 0 aromatic heterocycles. The van der Waals surface area contributed by atoms with E-state index in [4.69, 9.17) is 0 Å². The first kappa shape index (κ1) is 14.0. The number of hydrogen-bond acceptors (Lipinski definition) is 3. The van der Waals surface area contributed by atoms with E-state index in [0.717, 1.165) is 24.1 Å². The SMILES string of the molecule is CS(=O)(=O)N1CCN(Cc2ccc(Br)cc2)CC1. The van der Waals surface area contributed by atoms with Crippen molar-refractivity contribution in [3.63, 3.8) is 0 Å². The minimum atomic E-state index is -3.03. The number of benzene rings is 1. The molecule has 100 valence electrons. The van der Waals surface area contributed by atoms with Crippen LogP contribution in [0.1, 0.15) is 5.56 Å². The van der Waals surface area contributed by atoms with Gasteiger partial charge < -0.3 is 0 Å². The summed E-state index contributed by atoms with van der Waals surface area (Å²) in [6, 6.07) is 8.24. The molecule has 4 nitrogen and oxygen atoms in total. The molecule has 6 heteroatoms. The molecule has 0 aliphatic carbocycles. The van der Waals surface area contributed by atoms with Gasteiger partial charge in [0.25, 0.3) is 0 Å². The van der Waals surface area contributed by atoms with Crippen LogP contribution in [0.5, 0.6) is 0 Å². The standard InChI is InChI=1S/C12H17BrN2O2S/c1-18(16,17)15-8-6-14(7-9-15)10-11-2-4-12(13)5-3-11/h2-5H,6-10H2,1H3. The Kier molecular flexibility index (Phi) is 4.42. The van der Waals surface area contributed by atoms with Crippen molar-refractivity contribution in [3.05, 3.63) is 34.3 Å². The predicted molar refractivity (Wildman–Crippen MR) is 75.8 cm³/mol. The van der Waals surface area contributed by atoms with Gasteiger partial charge in [-0.1, -0.05) is 28.1 Å². The Balaban J connectivity index is 1.89. The molecule has 1 fully saturated rings. The Bertz CT molecular complexity index is 493. The Morgan fingerprint density at radius 1 is 1.11 bits per heavy atom. The van der Waals surface area contributed by atoms with Crippen molar-refractivity contribution >= 4 is 26.0 Å². The summed E-state index contributed by atoms with van der Waals surface area (Å²) in [7, 11) is -3.03. The van der Waals surface area contributed by atoms with Gasteiger partial charge in [-0.2, -0.15) is 4.31 Å². The lowest BCUT2D eigenvalue weighted by Crippen LogP contribution is -2.47. The van der Waals surface area contributed by atoms with E-state index in [1.807, 2.05) is 12.1 Å². The molecule has 1 heterocycles. The second-order valence-corrected chi connectivity index (χ2v) is 7.46. The third kappa shape index (κ3) is 3.78. The van der Waals surface area contributed by atoms with Crippen molar-refractivity contribution in [1.29, 1.82) is 0 Å². The lowest BCUT2D eigenvalue weighted by molar-refractivity contribution is 0.182. The minimum Gasteiger partial charge on any atom is -0.296 e. The molecule has 1 aromatic rings. The number of nitrogens with zero attached hydrogens (tertiary/aromatic N) is 2. The van der Waals surface area contributed by atoms with Gasteiger partial charge in [-0.05, 0) is 17.7 Å². The third-order valence-corrected chi connectivity index (χ3v) is 4.95. The van der Waals surface area contributed by atoms with Crippen LogP contribution in [0, 0.1) is 0 Å². The fraction of sp³-hybridized carbons (Fsp3) is 0.500. The van der Waals surface area contributed by atoms with Gasteiger partial charge in [0.1, 0.15) is 0 Å². The van der Waals surface area contributed by atoms with Gasteiger partial charge in [0.05, 0.1) is 6.26 Å². The van der Waals surface area contributed by atoms with Crippen LogP contribution in [-0.2, 0) is 16.6 Å². The van der Waals surface area contributed by atoms with E-state index in [-0.39, 0.29) is 0 Å². The summed E-state index contributed by atoms with van der Waals surface area (Å²) < 4.78 is 25.4. The van der Waals surface area contributed by atoms with E-state index in [0.29, 0.717) is 13.1 Å². The monoisotopic (exact) mass is 332 g/mol. The molecule has 0 saturated carbocycles. The van der Waals surface area contributed by atoms with E-state index in [1.165, 1.54) is 11.8 Å². The molecule has 0 atom stereocenters. The van der Waals surface area contributed by atoms with Crippen LogP contribution in [0.4, 0.5) is 0 Å². The Hall–Kier alpha value is -0.430. The average molecular weight is 333 g/mol. The molecule has 1 aliphatic heterocycles. The summed E-state index contributed by atoms with van der Waals surface area (Å²) in [6.45, 7) is 3.65. The van der Waals surface area contributed by atoms with Crippen molar-refractivity contribution in [2.24, 2.45) is 0 Å². The fourth-order valence-corrected chi connectivity index (χ4v) is 3.16. The summed E-state index contributed by atoms with van der Waals surface area (Å²) in [5, 5.41) is 0. The van der Waals surface area contributed by atoms with Crippen molar-refractivity contribution in [1.82, 2.24) is 9.21 Å². The van der Waals surface area contributed by atoms with Crippen LogP contribution in [-0.4, -0.2) is 50.1 Å². The number of sulfonamides is 1. The van der Waals surface area contributed by atoms with Gasteiger partial charge >= 0.3 is 0 Å². The zero-order chi connectivity index (χ0) is 13.2. The van der Waals surface area contributed by atoms with E-state index in [1.54, 1.807) is 4.31 Å². The molecule has 18 heavy (non-hydrogen) atoms. The van der Waals surface area contributed by atoms with Gasteiger partial charge in [0, 0.05) is 37.2 Å². The van der Waals surface area contributed by atoms with Gasteiger partial charge in [0.2, 0.25) is 10.0 Å². The summed E-state index contributed by atoms with van der Waals surface area (Å²) in [6.07, 6.45) is 1.28. The van der Waals surface area contributed by atoms with Gasteiger partial charge in [-0.15, -0.1) is 0 Å². The summed E-state index contributed by atoms with van der Waals surface area (Å²) in [5.74, 6) is 0. The molecule has 1 saturated heterocycles. The van der Waals surface area contributed by atoms with Crippen molar-refractivity contribution in [2.45, 2.75) is 6.54 Å². The zero-order valence-electron chi connectivity index (χ0n) is 10.3. The second kappa shape index (κ2) is 5.69. The normalized spacial score (nSPS) is 19.0. The van der Waals surface area contributed by atoms with E-state index in [9.17, 15) is 8.42 Å². The number of rotatable bonds is 3. The molecule has 0 radical (unpaired) electrons. The highest BCUT2D eigenvalue weighted by Gasteiger charge is 2.23. The molecule has 2 rings (SSSR count). The number of piperazine rings is 1. The Morgan fingerprint density at radius 3 is 2.17 bits per heavy atom. The second-order valence-electron chi connectivity index (χ2n) is 4.56. The zero-order valence-corrected chi connectivity index (χ0v) is 12.7. The maximum absolute atomic E-state index is 11.4. The topological polar surface area (TPSA) is 40.6 Å². The summed E-state index contributed by atoms with van der Waals surface area (Å²) in [4.78, 5) is 2.28. The molecule has 0 amide bonds. The highest BCUT2D eigenvalue weighted by molar-refractivity contribution is 9.10. The van der Waals surface area contributed by atoms with E-state index < -0.39 is 10.0 Å². The smallest absolute Gasteiger partial charge is 0.211 e. The summed E-state index contributed by atoms with van der Waals surface area (Å²) >= 11 is 3.41. The van der Waals surface area contributed by atoms with Crippen molar-refractivity contribution in [3.8, 4) is 0 Å². The van der Waals surface area contributed by atoms with Crippen LogP contribution in [0.2, 0.25) is 0 Å². The number of hydrogen-bond donors (Lipinski definition) is 0. The van der Waals surface area contributed by atoms with E-state index in [2.05, 4.69) is 33.0 Å². The van der Waals surface area contributed by atoms with E-state index >= 15 is 0 Å². The Morgan fingerprint density at radius 2 is 1.67 bits per heavy atom. The van der Waals surface area contributed by atoms with Crippen LogP contribution >= 0.6 is 15.9 Å². The Labute approximate surface area is 117 Å². The molecule has 0 bridgehead atoms. The molecule has 0 N–H and O–H groups in total. The first-order valence-corrected chi connectivity index (χ1v) is 8.51. The van der Waals surface area contributed by atoms with Gasteiger partial charge in [0.15, 0.2) is 0 Å². The first-order chi connectivity index (χ1) is 8.45. The molecule has 1 aliphatic rings.